The van der Waals surface area contributed by atoms with E-state index in [2.05, 4.69) is 10.0 Å². The fraction of sp³-hybridized carbons (Fsp3) is 0.158. The highest BCUT2D eigenvalue weighted by molar-refractivity contribution is 7.89. The van der Waals surface area contributed by atoms with Gasteiger partial charge in [-0.25, -0.2) is 22.3 Å². The van der Waals surface area contributed by atoms with Crippen molar-refractivity contribution in [1.29, 1.82) is 0 Å². The molecular formula is C19H17FN2O9S. The SMILES string of the molecule is O=C[C@H](CC(=O)O)NC(=O)c1ccc(CNS(=O)(=O)c2ccc(O)c(C(=O)O)c2)c(F)c1. The average molecular weight is 468 g/mol. The maximum Gasteiger partial charge on any atom is 0.339 e. The van der Waals surface area contributed by atoms with Crippen LogP contribution in [-0.4, -0.2) is 53.9 Å². The van der Waals surface area contributed by atoms with Crippen LogP contribution in [-0.2, 0) is 26.2 Å². The highest BCUT2D eigenvalue weighted by atomic mass is 32.2. The highest BCUT2D eigenvalue weighted by Crippen LogP contribution is 2.21. The zero-order chi connectivity index (χ0) is 24.1. The van der Waals surface area contributed by atoms with Gasteiger partial charge in [0.25, 0.3) is 5.91 Å². The van der Waals surface area contributed by atoms with Crippen molar-refractivity contribution in [1.82, 2.24) is 10.0 Å². The number of benzene rings is 2. The molecule has 0 aliphatic carbocycles. The Balaban J connectivity index is 2.13. The Kier molecular flexibility index (Phi) is 7.62. The Labute approximate surface area is 180 Å². The molecule has 0 aliphatic rings. The van der Waals surface area contributed by atoms with E-state index in [0.29, 0.717) is 0 Å². The zero-order valence-corrected chi connectivity index (χ0v) is 16.9. The molecule has 0 aliphatic heterocycles. The van der Waals surface area contributed by atoms with E-state index in [9.17, 15) is 37.1 Å². The Bertz CT molecular complexity index is 1180. The number of aliphatic carboxylic acids is 1. The number of carboxylic acids is 2. The van der Waals surface area contributed by atoms with E-state index in [1.807, 2.05) is 0 Å². The van der Waals surface area contributed by atoms with Gasteiger partial charge in [0.1, 0.15) is 23.4 Å². The summed E-state index contributed by atoms with van der Waals surface area (Å²) < 4.78 is 41.2. The lowest BCUT2D eigenvalue weighted by Crippen LogP contribution is -2.37. The van der Waals surface area contributed by atoms with Gasteiger partial charge in [-0.3, -0.25) is 9.59 Å². The summed E-state index contributed by atoms with van der Waals surface area (Å²) in [5.74, 6) is -5.35. The summed E-state index contributed by atoms with van der Waals surface area (Å²) in [6, 6.07) is 4.33. The molecule has 32 heavy (non-hydrogen) atoms. The first-order valence-electron chi connectivity index (χ1n) is 8.77. The number of hydrogen-bond acceptors (Lipinski definition) is 7. The molecule has 0 heterocycles. The number of hydrogen-bond donors (Lipinski definition) is 5. The largest absolute Gasteiger partial charge is 0.507 e. The van der Waals surface area contributed by atoms with Gasteiger partial charge in [-0.15, -0.1) is 0 Å². The molecule has 0 saturated heterocycles. The number of phenols is 1. The lowest BCUT2D eigenvalue weighted by molar-refractivity contribution is -0.138. The third-order valence-electron chi connectivity index (χ3n) is 4.15. The molecule has 2 aromatic rings. The Morgan fingerprint density at radius 2 is 1.78 bits per heavy atom. The quantitative estimate of drug-likeness (QED) is 0.309. The van der Waals surface area contributed by atoms with E-state index >= 15 is 0 Å². The van der Waals surface area contributed by atoms with Gasteiger partial charge in [0, 0.05) is 17.7 Å². The van der Waals surface area contributed by atoms with Gasteiger partial charge < -0.3 is 25.4 Å². The molecule has 0 unspecified atom stereocenters. The van der Waals surface area contributed by atoms with Crippen LogP contribution in [0.2, 0.25) is 0 Å². The van der Waals surface area contributed by atoms with Crippen LogP contribution in [0.5, 0.6) is 5.75 Å². The summed E-state index contributed by atoms with van der Waals surface area (Å²) in [6.07, 6.45) is -0.428. The predicted octanol–water partition coefficient (Wildman–Crippen LogP) is 0.480. The van der Waals surface area contributed by atoms with Crippen molar-refractivity contribution in [3.8, 4) is 5.75 Å². The van der Waals surface area contributed by atoms with Gasteiger partial charge >= 0.3 is 11.9 Å². The number of halogens is 1. The standard InChI is InChI=1S/C19H17FN2O9S/c20-15-5-10(18(27)22-12(9-23)6-17(25)26)1-2-11(15)8-21-32(30,31)13-3-4-16(24)14(7-13)19(28)29/h1-5,7,9,12,21,24H,6,8H2,(H,22,27)(H,25,26)(H,28,29)/t12-/m0/s1. The number of amides is 1. The monoisotopic (exact) mass is 468 g/mol. The summed E-state index contributed by atoms with van der Waals surface area (Å²) in [5.41, 5.74) is -1.01. The van der Waals surface area contributed by atoms with E-state index in [1.165, 1.54) is 0 Å². The molecule has 11 nitrogen and oxygen atoms in total. The molecular weight excluding hydrogens is 451 g/mol. The second-order valence-corrected chi connectivity index (χ2v) is 8.20. The second kappa shape index (κ2) is 9.98. The first kappa shape index (κ1) is 24.4. The van der Waals surface area contributed by atoms with Crippen molar-refractivity contribution in [2.45, 2.75) is 23.9 Å². The van der Waals surface area contributed by atoms with Crippen LogP contribution in [0, 0.1) is 5.82 Å². The molecule has 1 atom stereocenters. The number of rotatable bonds is 10. The number of carboxylic acid groups (broad SMARTS) is 2. The van der Waals surface area contributed by atoms with Crippen LogP contribution in [0.1, 0.15) is 32.7 Å². The minimum atomic E-state index is -4.27. The minimum Gasteiger partial charge on any atom is -0.507 e. The van der Waals surface area contributed by atoms with Gasteiger partial charge in [0.2, 0.25) is 10.0 Å². The van der Waals surface area contributed by atoms with Crippen LogP contribution in [0.3, 0.4) is 0 Å². The second-order valence-electron chi connectivity index (χ2n) is 6.43. The van der Waals surface area contributed by atoms with Crippen LogP contribution >= 0.6 is 0 Å². The van der Waals surface area contributed by atoms with Gasteiger partial charge in [-0.1, -0.05) is 6.07 Å². The molecule has 0 radical (unpaired) electrons. The molecule has 5 N–H and O–H groups in total. The van der Waals surface area contributed by atoms with Crippen LogP contribution in [0.15, 0.2) is 41.3 Å². The fourth-order valence-electron chi connectivity index (χ4n) is 2.51. The third-order valence-corrected chi connectivity index (χ3v) is 5.55. The van der Waals surface area contributed by atoms with Gasteiger partial charge in [-0.2, -0.15) is 0 Å². The number of aldehydes is 1. The lowest BCUT2D eigenvalue weighted by atomic mass is 10.1. The molecule has 0 fully saturated rings. The molecule has 0 bridgehead atoms. The van der Waals surface area contributed by atoms with Crippen molar-refractivity contribution in [3.63, 3.8) is 0 Å². The maximum atomic E-state index is 14.4. The molecule has 0 aromatic heterocycles. The first-order valence-corrected chi connectivity index (χ1v) is 10.2. The van der Waals surface area contributed by atoms with Crippen molar-refractivity contribution in [2.75, 3.05) is 0 Å². The maximum absolute atomic E-state index is 14.4. The summed E-state index contributed by atoms with van der Waals surface area (Å²) in [6.45, 7) is -0.546. The van der Waals surface area contributed by atoms with Crippen molar-refractivity contribution in [3.05, 3.63) is 58.9 Å². The third kappa shape index (κ3) is 6.09. The predicted molar refractivity (Wildman–Crippen MR) is 105 cm³/mol. The van der Waals surface area contributed by atoms with Crippen LogP contribution in [0.4, 0.5) is 4.39 Å². The van der Waals surface area contributed by atoms with E-state index < -0.39 is 68.9 Å². The van der Waals surface area contributed by atoms with Gasteiger partial charge in [0.05, 0.1) is 17.4 Å². The summed E-state index contributed by atoms with van der Waals surface area (Å²) in [7, 11) is -4.27. The summed E-state index contributed by atoms with van der Waals surface area (Å²) >= 11 is 0. The molecule has 170 valence electrons. The zero-order valence-electron chi connectivity index (χ0n) is 16.1. The van der Waals surface area contributed by atoms with Gasteiger partial charge in [-0.05, 0) is 30.3 Å². The average Bonchev–Trinajstić information content (AvgIpc) is 2.71. The van der Waals surface area contributed by atoms with Crippen LogP contribution < -0.4 is 10.0 Å². The number of carbonyl (C=O) groups excluding carboxylic acids is 2. The topological polar surface area (TPSA) is 187 Å². The minimum absolute atomic E-state index is 0.153. The Morgan fingerprint density at radius 3 is 2.34 bits per heavy atom. The number of carbonyl (C=O) groups is 4. The molecule has 0 spiro atoms. The number of aromatic hydroxyl groups is 1. The smallest absolute Gasteiger partial charge is 0.339 e. The van der Waals surface area contributed by atoms with Crippen molar-refractivity contribution in [2.24, 2.45) is 0 Å². The lowest BCUT2D eigenvalue weighted by Gasteiger charge is -2.12. The Hall–Kier alpha value is -3.84. The number of sulfonamides is 1. The van der Waals surface area contributed by atoms with E-state index in [0.717, 1.165) is 36.4 Å². The van der Waals surface area contributed by atoms with Crippen molar-refractivity contribution >= 4 is 34.2 Å². The summed E-state index contributed by atoms with van der Waals surface area (Å²) in [5, 5.41) is 29.2. The Morgan fingerprint density at radius 1 is 1.09 bits per heavy atom. The van der Waals surface area contributed by atoms with E-state index in [4.69, 9.17) is 10.2 Å². The van der Waals surface area contributed by atoms with Gasteiger partial charge in [0.15, 0.2) is 0 Å². The highest BCUT2D eigenvalue weighted by Gasteiger charge is 2.20. The fourth-order valence-corrected chi connectivity index (χ4v) is 3.55. The molecule has 1 amide bonds. The molecule has 2 rings (SSSR count). The molecule has 2 aromatic carbocycles. The normalized spacial score (nSPS) is 12.0. The molecule has 13 heteroatoms. The van der Waals surface area contributed by atoms with E-state index in [-0.39, 0.29) is 17.4 Å². The number of aromatic carboxylic acids is 1. The van der Waals surface area contributed by atoms with Crippen LogP contribution in [0.25, 0.3) is 0 Å². The van der Waals surface area contributed by atoms with Crippen molar-refractivity contribution < 1.29 is 47.3 Å². The molecule has 0 saturated carbocycles. The summed E-state index contributed by atoms with van der Waals surface area (Å²) in [4.78, 5) is 44.1. The van der Waals surface area contributed by atoms with E-state index in [1.54, 1.807) is 0 Å². The first-order chi connectivity index (χ1) is 14.9. The number of nitrogens with one attached hydrogen (secondary N) is 2.